The van der Waals surface area contributed by atoms with Crippen molar-refractivity contribution in [1.29, 1.82) is 0 Å². The van der Waals surface area contributed by atoms with Crippen LogP contribution in [-0.4, -0.2) is 69.9 Å². The van der Waals surface area contributed by atoms with E-state index in [4.69, 9.17) is 19.3 Å². The molecule has 2 spiro atoms. The Balaban J connectivity index is 1.06. The summed E-state index contributed by atoms with van der Waals surface area (Å²) in [5.41, 5.74) is -1.15. The number of carbonyl (C=O) groups is 2. The van der Waals surface area contributed by atoms with E-state index >= 15 is 0 Å². The Morgan fingerprint density at radius 1 is 0.915 bits per heavy atom. The van der Waals surface area contributed by atoms with E-state index in [0.717, 1.165) is 95.9 Å². The molecule has 3 N–H and O–H groups in total. The number of unbranched alkanes of at least 4 members (excludes halogenated alkanes) is 12. The number of carbonyl (C=O) groups excluding carboxylic acids is 1. The molecule has 2 saturated heterocycles. The highest BCUT2D eigenvalue weighted by Gasteiger charge is 2.64. The molecule has 0 unspecified atom stereocenters. The van der Waals surface area contributed by atoms with Gasteiger partial charge in [0.05, 0.1) is 30.9 Å². The van der Waals surface area contributed by atoms with Crippen molar-refractivity contribution in [3.63, 3.8) is 0 Å². The predicted octanol–water partition coefficient (Wildman–Crippen LogP) is 7.31. The molecule has 5 aliphatic heterocycles. The topological polar surface area (TPSA) is 109 Å². The average Bonchev–Trinajstić information content (AvgIpc) is 3.34. The first-order chi connectivity index (χ1) is 22.8. The van der Waals surface area contributed by atoms with Gasteiger partial charge in [0, 0.05) is 25.7 Å². The lowest BCUT2D eigenvalue weighted by Crippen LogP contribution is -2.76. The maximum atomic E-state index is 14.0. The third-order valence-corrected chi connectivity index (χ3v) is 11.4. The summed E-state index contributed by atoms with van der Waals surface area (Å²) in [5.74, 6) is -0.132. The lowest BCUT2D eigenvalue weighted by Gasteiger charge is -2.50. The molecule has 266 valence electrons. The molecule has 0 aromatic carbocycles. The van der Waals surface area contributed by atoms with Crippen LogP contribution in [0.3, 0.4) is 0 Å². The van der Waals surface area contributed by atoms with Crippen LogP contribution in [0, 0.1) is 5.92 Å². The molecular formula is C38H64N3O6+. The second-order valence-corrected chi connectivity index (χ2v) is 15.1. The van der Waals surface area contributed by atoms with Gasteiger partial charge >= 0.3 is 17.9 Å². The Morgan fingerprint density at radius 2 is 1.60 bits per heavy atom. The summed E-state index contributed by atoms with van der Waals surface area (Å²) in [6.07, 6.45) is 28.8. The molecule has 0 amide bonds. The normalized spacial score (nSPS) is 32.9. The zero-order chi connectivity index (χ0) is 33.1. The highest BCUT2D eigenvalue weighted by atomic mass is 16.6. The van der Waals surface area contributed by atoms with Crippen molar-refractivity contribution in [1.82, 2.24) is 10.6 Å². The smallest absolute Gasteiger partial charge is 0.350 e. The summed E-state index contributed by atoms with van der Waals surface area (Å²) in [7, 11) is 0. The van der Waals surface area contributed by atoms with Crippen molar-refractivity contribution < 1.29 is 33.5 Å². The molecule has 2 fully saturated rings. The van der Waals surface area contributed by atoms with Gasteiger partial charge in [0.15, 0.2) is 11.6 Å². The van der Waals surface area contributed by atoms with Crippen molar-refractivity contribution in [3.8, 4) is 0 Å². The molecule has 0 aromatic heterocycles. The van der Waals surface area contributed by atoms with Gasteiger partial charge < -0.3 is 19.3 Å². The van der Waals surface area contributed by atoms with E-state index in [2.05, 4.69) is 41.2 Å². The SMILES string of the molecule is CC[C@H]1C=CCC[C@@]2(C[C@@H]3CC[C@H]4[C@@H](C(=O)OCCCCCCCCCCCCCCCC(=O)O)[C@@]5(CCC[C@@H](C)O5)NC(=[N+]34)N2)O1. The fourth-order valence-electron chi connectivity index (χ4n) is 8.98. The van der Waals surface area contributed by atoms with Gasteiger partial charge in [-0.2, -0.15) is 0 Å². The first-order valence-electron chi connectivity index (χ1n) is 19.5. The number of hydrogen-bond donors (Lipinski definition) is 3. The van der Waals surface area contributed by atoms with E-state index in [1.165, 1.54) is 51.4 Å². The highest BCUT2D eigenvalue weighted by Crippen LogP contribution is 2.45. The largest absolute Gasteiger partial charge is 0.481 e. The maximum Gasteiger partial charge on any atom is 0.350 e. The first-order valence-corrected chi connectivity index (χ1v) is 19.5. The summed E-state index contributed by atoms with van der Waals surface area (Å²) < 4.78 is 22.1. The van der Waals surface area contributed by atoms with Crippen molar-refractivity contribution in [2.45, 2.75) is 197 Å². The molecule has 0 aromatic rings. The Hall–Kier alpha value is -2.13. The fourth-order valence-corrected chi connectivity index (χ4v) is 8.98. The quantitative estimate of drug-likeness (QED) is 0.0609. The minimum absolute atomic E-state index is 0.0710. The Bertz CT molecular complexity index is 1100. The molecule has 0 aliphatic carbocycles. The second kappa shape index (κ2) is 17.5. The van der Waals surface area contributed by atoms with Crippen LogP contribution in [0.5, 0.6) is 0 Å². The molecule has 9 nitrogen and oxygen atoms in total. The van der Waals surface area contributed by atoms with Crippen molar-refractivity contribution in [3.05, 3.63) is 12.2 Å². The molecule has 5 rings (SSSR count). The summed E-state index contributed by atoms with van der Waals surface area (Å²) in [6, 6.07) is 0.408. The molecule has 0 radical (unpaired) electrons. The molecule has 7 atom stereocenters. The number of nitrogens with zero attached hydrogens (tertiary/aromatic N) is 1. The maximum absolute atomic E-state index is 14.0. The summed E-state index contributed by atoms with van der Waals surface area (Å²) >= 11 is 0. The number of carboxylic acid groups (broad SMARTS) is 1. The number of allylic oxidation sites excluding steroid dienone is 1. The number of rotatable bonds is 18. The number of hydrogen-bond acceptors (Lipinski definition) is 7. The van der Waals surface area contributed by atoms with Gasteiger partial charge in [-0.05, 0) is 58.3 Å². The van der Waals surface area contributed by atoms with Crippen molar-refractivity contribution in [2.24, 2.45) is 5.92 Å². The minimum atomic E-state index is -0.751. The van der Waals surface area contributed by atoms with Crippen molar-refractivity contribution in [2.75, 3.05) is 6.61 Å². The van der Waals surface area contributed by atoms with Gasteiger partial charge in [-0.1, -0.05) is 89.7 Å². The lowest BCUT2D eigenvalue weighted by molar-refractivity contribution is -0.609. The van der Waals surface area contributed by atoms with E-state index < -0.39 is 17.4 Å². The standard InChI is InChI=1S/C38H63N3O6/c1-3-31-21-16-17-25-37(47-31)28-30-23-24-32-34(38(26-19-20-29(2)46-38)40-36(39-37)41(30)32)35(44)45-27-18-14-12-10-8-6-4-5-7-9-11-13-15-22-33(42)43/h16,21,29-32,34H,3-15,17-20,22-28H2,1-2H3,(H2,39,40,42,43)/p+1/t29-,30+,31+,32+,34+,37+,38+/m1/s1. The predicted molar refractivity (Wildman–Crippen MR) is 183 cm³/mol. The van der Waals surface area contributed by atoms with Gasteiger partial charge in [-0.15, -0.1) is 0 Å². The fraction of sp³-hybridized carbons (Fsp3) is 0.868. The van der Waals surface area contributed by atoms with E-state index in [1.54, 1.807) is 0 Å². The summed E-state index contributed by atoms with van der Waals surface area (Å²) in [6.45, 7) is 4.81. The Labute approximate surface area is 283 Å². The number of guanidine groups is 1. The molecule has 5 aliphatic rings. The molecule has 5 heterocycles. The number of nitrogens with one attached hydrogen (secondary N) is 2. The van der Waals surface area contributed by atoms with Crippen LogP contribution in [0.4, 0.5) is 0 Å². The molecule has 0 bridgehead atoms. The summed E-state index contributed by atoms with van der Waals surface area (Å²) in [4.78, 5) is 24.5. The Morgan fingerprint density at radius 3 is 2.26 bits per heavy atom. The zero-order valence-corrected chi connectivity index (χ0v) is 29.4. The third kappa shape index (κ3) is 9.52. The highest BCUT2D eigenvalue weighted by molar-refractivity contribution is 5.82. The van der Waals surface area contributed by atoms with Gasteiger partial charge in [0.25, 0.3) is 0 Å². The lowest BCUT2D eigenvalue weighted by atomic mass is 9.80. The second-order valence-electron chi connectivity index (χ2n) is 15.1. The number of aliphatic carboxylic acids is 1. The van der Waals surface area contributed by atoms with Crippen LogP contribution < -0.4 is 10.6 Å². The molecular weight excluding hydrogens is 594 g/mol. The monoisotopic (exact) mass is 658 g/mol. The van der Waals surface area contributed by atoms with E-state index in [9.17, 15) is 9.59 Å². The van der Waals surface area contributed by atoms with Crippen LogP contribution in [0.15, 0.2) is 12.2 Å². The van der Waals surface area contributed by atoms with Gasteiger partial charge in [-0.3, -0.25) is 14.2 Å². The van der Waals surface area contributed by atoms with E-state index in [-0.39, 0.29) is 30.1 Å². The van der Waals surface area contributed by atoms with E-state index in [0.29, 0.717) is 19.1 Å². The van der Waals surface area contributed by atoms with E-state index in [1.807, 2.05) is 0 Å². The zero-order valence-electron chi connectivity index (χ0n) is 29.4. The minimum Gasteiger partial charge on any atom is -0.481 e. The van der Waals surface area contributed by atoms with Crippen LogP contribution in [0.1, 0.15) is 162 Å². The molecule has 0 saturated carbocycles. The number of esters is 1. The van der Waals surface area contributed by atoms with Crippen LogP contribution >= 0.6 is 0 Å². The first kappa shape index (κ1) is 36.2. The van der Waals surface area contributed by atoms with Crippen molar-refractivity contribution >= 4 is 17.9 Å². The number of ether oxygens (including phenoxy) is 3. The average molecular weight is 659 g/mol. The van der Waals surface area contributed by atoms with Gasteiger partial charge in [0.1, 0.15) is 0 Å². The Kier molecular flexibility index (Phi) is 13.5. The van der Waals surface area contributed by atoms with Crippen LogP contribution in [0.2, 0.25) is 0 Å². The van der Waals surface area contributed by atoms with Crippen LogP contribution in [-0.2, 0) is 23.8 Å². The van der Waals surface area contributed by atoms with Gasteiger partial charge in [-0.25, -0.2) is 10.6 Å². The van der Waals surface area contributed by atoms with Gasteiger partial charge in [0.2, 0.25) is 5.72 Å². The molecule has 47 heavy (non-hydrogen) atoms. The number of carboxylic acids is 1. The summed E-state index contributed by atoms with van der Waals surface area (Å²) in [5, 5.41) is 16.4. The van der Waals surface area contributed by atoms with Crippen LogP contribution in [0.25, 0.3) is 0 Å². The molecule has 9 heteroatoms. The third-order valence-electron chi connectivity index (χ3n) is 11.4.